The standard InChI is InChI=1S/C11H20Si.Li.H/c1-4-12(5-2,6-3)11-9-7-8-10-11;;/h7-9H,4-6,10H2,1-3H3;;/q;+1;-1. The zero-order chi connectivity index (χ0) is 9.03. The second kappa shape index (κ2) is 5.91. The van der Waals surface area contributed by atoms with E-state index in [4.69, 9.17) is 0 Å². The van der Waals surface area contributed by atoms with Crippen LogP contribution in [0.5, 0.6) is 0 Å². The Hall–Kier alpha value is 0.294. The molecule has 13 heavy (non-hydrogen) atoms. The van der Waals surface area contributed by atoms with Gasteiger partial charge in [0.05, 0.1) is 8.07 Å². The van der Waals surface area contributed by atoms with Gasteiger partial charge in [0.1, 0.15) is 0 Å². The van der Waals surface area contributed by atoms with E-state index in [0.29, 0.717) is 0 Å². The van der Waals surface area contributed by atoms with Crippen molar-refractivity contribution in [1.82, 2.24) is 0 Å². The first-order chi connectivity index (χ1) is 5.79. The molecule has 0 aromatic carbocycles. The van der Waals surface area contributed by atoms with E-state index in [1.54, 1.807) is 5.20 Å². The van der Waals surface area contributed by atoms with Crippen LogP contribution in [-0.2, 0) is 0 Å². The second-order valence-corrected chi connectivity index (χ2v) is 8.99. The minimum absolute atomic E-state index is 0. The summed E-state index contributed by atoms with van der Waals surface area (Å²) in [6.45, 7) is 7.12. The van der Waals surface area contributed by atoms with Crippen LogP contribution in [0, 0.1) is 0 Å². The maximum absolute atomic E-state index is 2.38. The van der Waals surface area contributed by atoms with E-state index in [1.165, 1.54) is 24.6 Å². The van der Waals surface area contributed by atoms with Gasteiger partial charge in [-0.25, -0.2) is 0 Å². The zero-order valence-electron chi connectivity index (χ0n) is 10.6. The van der Waals surface area contributed by atoms with E-state index in [1.807, 2.05) is 0 Å². The minimum atomic E-state index is -0.986. The Morgan fingerprint density at radius 1 is 1.23 bits per heavy atom. The summed E-state index contributed by atoms with van der Waals surface area (Å²) in [5.41, 5.74) is 0. The predicted molar refractivity (Wildman–Crippen MR) is 60.1 cm³/mol. The minimum Gasteiger partial charge on any atom is -1.00 e. The van der Waals surface area contributed by atoms with E-state index in [-0.39, 0.29) is 20.3 Å². The molecule has 0 nitrogen and oxygen atoms in total. The third-order valence-electron chi connectivity index (χ3n) is 3.48. The molecule has 0 fully saturated rings. The Balaban J connectivity index is 0. The van der Waals surface area contributed by atoms with Crippen LogP contribution < -0.4 is 18.9 Å². The molecule has 0 heterocycles. The molecule has 0 N–H and O–H groups in total. The van der Waals surface area contributed by atoms with E-state index < -0.39 is 8.07 Å². The molecule has 1 rings (SSSR count). The third-order valence-corrected chi connectivity index (χ3v) is 9.28. The van der Waals surface area contributed by atoms with Gasteiger partial charge in [-0.1, -0.05) is 62.3 Å². The van der Waals surface area contributed by atoms with Crippen molar-refractivity contribution in [3.05, 3.63) is 23.4 Å². The molecule has 0 saturated carbocycles. The van der Waals surface area contributed by atoms with E-state index in [2.05, 4.69) is 39.0 Å². The smallest absolute Gasteiger partial charge is 1.00 e. The van der Waals surface area contributed by atoms with Crippen LogP contribution in [0.25, 0.3) is 0 Å². The average molecular weight is 188 g/mol. The van der Waals surface area contributed by atoms with Gasteiger partial charge in [-0.15, -0.1) is 0 Å². The number of hydrogen-bond donors (Lipinski definition) is 0. The monoisotopic (exact) mass is 188 g/mol. The Morgan fingerprint density at radius 3 is 2.08 bits per heavy atom. The number of allylic oxidation sites excluding steroid dienone is 4. The summed E-state index contributed by atoms with van der Waals surface area (Å²) in [4.78, 5) is 0. The van der Waals surface area contributed by atoms with Crippen LogP contribution in [0.4, 0.5) is 0 Å². The summed E-state index contributed by atoms with van der Waals surface area (Å²) in [6.07, 6.45) is 8.17. The topological polar surface area (TPSA) is 0 Å². The van der Waals surface area contributed by atoms with Crippen LogP contribution in [0.2, 0.25) is 18.1 Å². The van der Waals surface area contributed by atoms with Crippen molar-refractivity contribution >= 4 is 8.07 Å². The molecule has 0 unspecified atom stereocenters. The van der Waals surface area contributed by atoms with Crippen LogP contribution in [-0.4, -0.2) is 8.07 Å². The van der Waals surface area contributed by atoms with E-state index in [9.17, 15) is 0 Å². The summed E-state index contributed by atoms with van der Waals surface area (Å²) in [6, 6.07) is 4.27. The molecule has 0 atom stereocenters. The summed E-state index contributed by atoms with van der Waals surface area (Å²) < 4.78 is 0. The van der Waals surface area contributed by atoms with Gasteiger partial charge in [0.15, 0.2) is 0 Å². The first-order valence-corrected chi connectivity index (χ1v) is 7.77. The van der Waals surface area contributed by atoms with Crippen molar-refractivity contribution in [3.8, 4) is 0 Å². The molecule has 0 radical (unpaired) electrons. The summed E-state index contributed by atoms with van der Waals surface area (Å²) in [7, 11) is -0.986. The van der Waals surface area contributed by atoms with Crippen LogP contribution >= 0.6 is 0 Å². The van der Waals surface area contributed by atoms with Crippen LogP contribution in [0.15, 0.2) is 23.4 Å². The van der Waals surface area contributed by atoms with Crippen molar-refractivity contribution < 1.29 is 20.3 Å². The normalized spacial score (nSPS) is 15.5. The molecule has 0 bridgehead atoms. The Bertz CT molecular complexity index is 199. The van der Waals surface area contributed by atoms with Crippen molar-refractivity contribution in [3.63, 3.8) is 0 Å². The van der Waals surface area contributed by atoms with Crippen molar-refractivity contribution in [2.75, 3.05) is 0 Å². The largest absolute Gasteiger partial charge is 1.00 e. The molecule has 0 amide bonds. The van der Waals surface area contributed by atoms with Gasteiger partial charge in [-0.05, 0) is 6.42 Å². The fourth-order valence-electron chi connectivity index (χ4n) is 2.27. The summed E-state index contributed by atoms with van der Waals surface area (Å²) in [5.74, 6) is 0. The second-order valence-electron chi connectivity index (χ2n) is 3.67. The molecule has 2 heteroatoms. The third kappa shape index (κ3) is 2.62. The summed E-state index contributed by atoms with van der Waals surface area (Å²) >= 11 is 0. The average Bonchev–Trinajstić information content (AvgIpc) is 2.62. The summed E-state index contributed by atoms with van der Waals surface area (Å²) in [5, 5.41) is 1.79. The molecule has 0 saturated heterocycles. The molecule has 70 valence electrons. The molecular formula is C11H21LiSi. The fourth-order valence-corrected chi connectivity index (χ4v) is 6.13. The maximum atomic E-state index is 2.38. The molecule has 1 aliphatic rings. The SMILES string of the molecule is CC[Si](CC)(CC)C1=CC=CC1.[H-].[Li+]. The molecule has 1 aliphatic carbocycles. The van der Waals surface area contributed by atoms with Crippen molar-refractivity contribution in [2.24, 2.45) is 0 Å². The van der Waals surface area contributed by atoms with Gasteiger partial charge in [0.2, 0.25) is 0 Å². The van der Waals surface area contributed by atoms with Crippen LogP contribution in [0.1, 0.15) is 28.6 Å². The first kappa shape index (κ1) is 13.3. The van der Waals surface area contributed by atoms with Gasteiger partial charge >= 0.3 is 18.9 Å². The molecule has 0 spiro atoms. The van der Waals surface area contributed by atoms with Gasteiger partial charge in [-0.3, -0.25) is 0 Å². The molecule has 0 aliphatic heterocycles. The van der Waals surface area contributed by atoms with Gasteiger partial charge < -0.3 is 1.43 Å². The van der Waals surface area contributed by atoms with Gasteiger partial charge in [-0.2, -0.15) is 0 Å². The fraction of sp³-hybridized carbons (Fsp3) is 0.636. The quantitative estimate of drug-likeness (QED) is 0.578. The first-order valence-electron chi connectivity index (χ1n) is 5.15. The Morgan fingerprint density at radius 2 is 1.77 bits per heavy atom. The number of hydrogen-bond acceptors (Lipinski definition) is 0. The van der Waals surface area contributed by atoms with Gasteiger partial charge in [0, 0.05) is 0 Å². The van der Waals surface area contributed by atoms with Crippen molar-refractivity contribution in [1.29, 1.82) is 0 Å². The van der Waals surface area contributed by atoms with E-state index >= 15 is 0 Å². The Labute approximate surface area is 97.2 Å². The molecule has 0 aromatic rings. The van der Waals surface area contributed by atoms with E-state index in [0.717, 1.165) is 0 Å². The molecular weight excluding hydrogens is 167 g/mol. The van der Waals surface area contributed by atoms with Gasteiger partial charge in [0.25, 0.3) is 0 Å². The number of rotatable bonds is 4. The molecule has 0 aromatic heterocycles. The van der Waals surface area contributed by atoms with Crippen LogP contribution in [0.3, 0.4) is 0 Å². The maximum Gasteiger partial charge on any atom is 1.00 e. The predicted octanol–water partition coefficient (Wildman–Crippen LogP) is 1.04. The van der Waals surface area contributed by atoms with Crippen molar-refractivity contribution in [2.45, 2.75) is 45.3 Å². The zero-order valence-corrected chi connectivity index (χ0v) is 10.6. The Kier molecular flexibility index (Phi) is 6.04.